The summed E-state index contributed by atoms with van der Waals surface area (Å²) in [7, 11) is 0. The molecule has 0 saturated heterocycles. The normalized spacial score (nSPS) is 13.3. The summed E-state index contributed by atoms with van der Waals surface area (Å²) < 4.78 is 2.41. The molecule has 3 aromatic rings. The number of nitrogens with two attached hydrogens (primary N) is 1. The molecule has 1 aliphatic heterocycles. The van der Waals surface area contributed by atoms with Crippen LogP contribution in [0.4, 0.5) is 5.69 Å². The van der Waals surface area contributed by atoms with Gasteiger partial charge in [0.05, 0.1) is 17.7 Å². The zero-order valence-electron chi connectivity index (χ0n) is 19.6. The van der Waals surface area contributed by atoms with Gasteiger partial charge in [-0.25, -0.2) is 4.99 Å². The number of pyridine rings is 1. The number of aliphatic hydroxyl groups is 1. The topological polar surface area (TPSA) is 101 Å². The zero-order valence-corrected chi connectivity index (χ0v) is 20.4. The number of aliphatic hydroxyl groups excluding tert-OH is 1. The lowest BCUT2D eigenvalue weighted by atomic mass is 10.0. The maximum Gasteiger partial charge on any atom is 0.259 e. The molecule has 0 aliphatic carbocycles. The van der Waals surface area contributed by atoms with Crippen LogP contribution in [0.5, 0.6) is 0 Å². The summed E-state index contributed by atoms with van der Waals surface area (Å²) in [5.41, 5.74) is 9.26. The van der Waals surface area contributed by atoms with E-state index in [4.69, 9.17) is 5.73 Å². The fraction of sp³-hybridized carbons (Fsp3) is 0.346. The van der Waals surface area contributed by atoms with Gasteiger partial charge in [0.25, 0.3) is 5.56 Å². The minimum absolute atomic E-state index is 0.0161. The number of aromatic nitrogens is 1. The summed E-state index contributed by atoms with van der Waals surface area (Å²) in [6.07, 6.45) is 5.75. The third-order valence-electron chi connectivity index (χ3n) is 5.83. The van der Waals surface area contributed by atoms with Crippen LogP contribution in [0, 0.1) is 0 Å². The summed E-state index contributed by atoms with van der Waals surface area (Å²) in [4.78, 5) is 33.3. The first-order chi connectivity index (χ1) is 16.4. The Morgan fingerprint density at radius 3 is 2.68 bits per heavy atom. The number of carbonyl (C=O) groups excluding carboxylic acids is 1. The fourth-order valence-corrected chi connectivity index (χ4v) is 5.28. The molecule has 1 aliphatic rings. The number of thiophene rings is 1. The smallest absolute Gasteiger partial charge is 0.259 e. The van der Waals surface area contributed by atoms with Crippen LogP contribution >= 0.6 is 11.3 Å². The molecule has 0 saturated carbocycles. The minimum Gasteiger partial charge on any atom is -0.395 e. The van der Waals surface area contributed by atoms with E-state index in [9.17, 15) is 14.7 Å². The average Bonchev–Trinajstić information content (AvgIpc) is 3.18. The van der Waals surface area contributed by atoms with Gasteiger partial charge in [-0.05, 0) is 42.7 Å². The van der Waals surface area contributed by atoms with Crippen LogP contribution < -0.4 is 11.3 Å². The van der Waals surface area contributed by atoms with Crippen molar-refractivity contribution in [2.24, 2.45) is 10.7 Å². The van der Waals surface area contributed by atoms with Gasteiger partial charge in [-0.2, -0.15) is 0 Å². The number of hydrogen-bond donors (Lipinski definition) is 2. The van der Waals surface area contributed by atoms with Gasteiger partial charge in [-0.1, -0.05) is 26.0 Å². The van der Waals surface area contributed by atoms with Crippen molar-refractivity contribution in [3.05, 3.63) is 58.0 Å². The number of amides is 1. The van der Waals surface area contributed by atoms with Crippen LogP contribution in [0.1, 0.15) is 38.7 Å². The quantitative estimate of drug-likeness (QED) is 0.508. The summed E-state index contributed by atoms with van der Waals surface area (Å²) in [5, 5.41) is 9.82. The van der Waals surface area contributed by atoms with Gasteiger partial charge < -0.3 is 20.3 Å². The number of rotatable bonds is 8. The highest BCUT2D eigenvalue weighted by Crippen LogP contribution is 2.36. The summed E-state index contributed by atoms with van der Waals surface area (Å²) >= 11 is 1.54. The largest absolute Gasteiger partial charge is 0.395 e. The van der Waals surface area contributed by atoms with Gasteiger partial charge in [-0.3, -0.25) is 9.59 Å². The highest BCUT2D eigenvalue weighted by molar-refractivity contribution is 7.22. The van der Waals surface area contributed by atoms with Crippen molar-refractivity contribution in [2.75, 3.05) is 19.7 Å². The maximum absolute atomic E-state index is 13.2. The van der Waals surface area contributed by atoms with Crippen molar-refractivity contribution >= 4 is 44.9 Å². The number of carbonyl (C=O) groups is 1. The minimum atomic E-state index is -0.110. The molecule has 3 N–H and O–H groups in total. The molecular formula is C26H30N4O3S. The lowest BCUT2D eigenvalue weighted by Gasteiger charge is -2.22. The molecule has 3 heterocycles. The molecular weight excluding hydrogens is 448 g/mol. The van der Waals surface area contributed by atoms with E-state index >= 15 is 0 Å². The number of hydrogen-bond acceptors (Lipinski definition) is 6. The van der Waals surface area contributed by atoms with Crippen molar-refractivity contribution in [1.29, 1.82) is 0 Å². The van der Waals surface area contributed by atoms with Crippen molar-refractivity contribution in [3.8, 4) is 10.4 Å². The standard InChI is InChI=1S/C26H30N4O3S/c1-3-8-29(9-4-2)25(32)19-13-17-5-6-18(14-21(17)28-24(27)15-19)23-16-20-22(34-23)7-10-30(11-12-31)26(20)33/h5-7,10,13-14,16,31H,3-4,8-9,11-12,15H2,1-2H3,(H2,27,28). The summed E-state index contributed by atoms with van der Waals surface area (Å²) in [5.74, 6) is 0.425. The Bertz CT molecular complexity index is 1330. The number of aliphatic imine (C=N–C) groups is 1. The first-order valence-electron chi connectivity index (χ1n) is 11.7. The van der Waals surface area contributed by atoms with E-state index in [-0.39, 0.29) is 24.6 Å². The van der Waals surface area contributed by atoms with Crippen LogP contribution in [0.3, 0.4) is 0 Å². The lowest BCUT2D eigenvalue weighted by Crippen LogP contribution is -2.34. The van der Waals surface area contributed by atoms with Gasteiger partial charge >= 0.3 is 0 Å². The van der Waals surface area contributed by atoms with E-state index < -0.39 is 0 Å². The molecule has 0 spiro atoms. The van der Waals surface area contributed by atoms with Gasteiger partial charge in [0.15, 0.2) is 0 Å². The van der Waals surface area contributed by atoms with Crippen LogP contribution in [-0.4, -0.2) is 46.0 Å². The summed E-state index contributed by atoms with van der Waals surface area (Å²) in [6.45, 7) is 5.77. The molecule has 0 bridgehead atoms. The monoisotopic (exact) mass is 478 g/mol. The van der Waals surface area contributed by atoms with E-state index in [0.717, 1.165) is 46.6 Å². The predicted molar refractivity (Wildman–Crippen MR) is 140 cm³/mol. The average molecular weight is 479 g/mol. The second-order valence-corrected chi connectivity index (χ2v) is 9.53. The second-order valence-electron chi connectivity index (χ2n) is 8.44. The Kier molecular flexibility index (Phi) is 7.29. The molecule has 2 aromatic heterocycles. The molecule has 8 heteroatoms. The first-order valence-corrected chi connectivity index (χ1v) is 12.5. The number of benzene rings is 1. The highest BCUT2D eigenvalue weighted by atomic mass is 32.1. The lowest BCUT2D eigenvalue weighted by molar-refractivity contribution is -0.127. The molecule has 1 aromatic carbocycles. The number of fused-ring (bicyclic) bond motifs is 2. The molecule has 0 unspecified atom stereocenters. The molecule has 0 radical (unpaired) electrons. The van der Waals surface area contributed by atoms with Gasteiger partial charge in [0, 0.05) is 53.0 Å². The van der Waals surface area contributed by atoms with Crippen LogP contribution in [0.15, 0.2) is 51.9 Å². The molecule has 178 valence electrons. The fourth-order valence-electron chi connectivity index (χ4n) is 4.24. The molecule has 4 rings (SSSR count). The van der Waals surface area contributed by atoms with Gasteiger partial charge in [0.1, 0.15) is 5.84 Å². The Morgan fingerprint density at radius 2 is 1.97 bits per heavy atom. The third kappa shape index (κ3) is 4.83. The van der Waals surface area contributed by atoms with Crippen LogP contribution in [0.2, 0.25) is 0 Å². The van der Waals surface area contributed by atoms with Crippen LogP contribution in [-0.2, 0) is 11.3 Å². The second kappa shape index (κ2) is 10.4. The SMILES string of the molecule is CCCN(CCC)C(=O)C1=Cc2ccc(-c3cc4c(=O)n(CCO)ccc4s3)cc2N=C(N)C1. The van der Waals surface area contributed by atoms with Gasteiger partial charge in [0.2, 0.25) is 5.91 Å². The molecule has 34 heavy (non-hydrogen) atoms. The predicted octanol–water partition coefficient (Wildman–Crippen LogP) is 4.15. The first kappa shape index (κ1) is 23.9. The van der Waals surface area contributed by atoms with E-state index in [0.29, 0.717) is 28.9 Å². The molecule has 1 amide bonds. The Hall–Kier alpha value is -3.23. The molecule has 0 atom stereocenters. The van der Waals surface area contributed by atoms with Gasteiger partial charge in [-0.15, -0.1) is 11.3 Å². The Morgan fingerprint density at radius 1 is 1.21 bits per heavy atom. The number of amidine groups is 1. The van der Waals surface area contributed by atoms with Crippen molar-refractivity contribution in [3.63, 3.8) is 0 Å². The Balaban J connectivity index is 1.71. The van der Waals surface area contributed by atoms with E-state index in [2.05, 4.69) is 18.8 Å². The van der Waals surface area contributed by atoms with Crippen molar-refractivity contribution in [1.82, 2.24) is 9.47 Å². The molecule has 7 nitrogen and oxygen atoms in total. The van der Waals surface area contributed by atoms with E-state index in [1.165, 1.54) is 15.9 Å². The van der Waals surface area contributed by atoms with Crippen molar-refractivity contribution in [2.45, 2.75) is 39.7 Å². The maximum atomic E-state index is 13.2. The van der Waals surface area contributed by atoms with E-state index in [1.807, 2.05) is 41.3 Å². The van der Waals surface area contributed by atoms with E-state index in [1.54, 1.807) is 6.20 Å². The highest BCUT2D eigenvalue weighted by Gasteiger charge is 2.21. The third-order valence-corrected chi connectivity index (χ3v) is 6.98. The van der Waals surface area contributed by atoms with Crippen molar-refractivity contribution < 1.29 is 9.90 Å². The molecule has 0 fully saturated rings. The van der Waals surface area contributed by atoms with Crippen LogP contribution in [0.25, 0.3) is 26.6 Å². The summed E-state index contributed by atoms with van der Waals surface area (Å²) in [6, 6.07) is 9.69. The Labute approximate surface area is 202 Å². The zero-order chi connectivity index (χ0) is 24.2. The number of nitrogens with zero attached hydrogens (tertiary/aromatic N) is 3.